The van der Waals surface area contributed by atoms with E-state index in [1.165, 1.54) is 6.92 Å². The molecule has 0 aromatic heterocycles. The fraction of sp³-hybridized carbons (Fsp3) is 0.462. The maximum atomic E-state index is 13.5. The second kappa shape index (κ2) is 5.33. The zero-order chi connectivity index (χ0) is 13.9. The largest absolute Gasteiger partial charge is 0.374 e. The molecule has 0 aliphatic carbocycles. The van der Waals surface area contributed by atoms with Crippen molar-refractivity contribution in [2.45, 2.75) is 33.2 Å². The Morgan fingerprint density at radius 1 is 1.22 bits per heavy atom. The summed E-state index contributed by atoms with van der Waals surface area (Å²) in [5.74, 6) is -1.35. The van der Waals surface area contributed by atoms with Crippen LogP contribution < -0.4 is 10.6 Å². The van der Waals surface area contributed by atoms with Crippen LogP contribution in [0.1, 0.15) is 26.3 Å². The van der Waals surface area contributed by atoms with E-state index < -0.39 is 11.6 Å². The number of amides is 1. The van der Waals surface area contributed by atoms with Gasteiger partial charge in [-0.2, -0.15) is 0 Å². The molecule has 0 saturated carbocycles. The van der Waals surface area contributed by atoms with Crippen molar-refractivity contribution in [3.05, 3.63) is 29.3 Å². The van der Waals surface area contributed by atoms with Crippen LogP contribution in [0, 0.1) is 18.6 Å². The molecule has 0 radical (unpaired) electrons. The zero-order valence-electron chi connectivity index (χ0n) is 11.0. The van der Waals surface area contributed by atoms with Crippen LogP contribution in [0.5, 0.6) is 0 Å². The zero-order valence-corrected chi connectivity index (χ0v) is 11.0. The van der Waals surface area contributed by atoms with Crippen LogP contribution in [0.25, 0.3) is 0 Å². The van der Waals surface area contributed by atoms with Crippen molar-refractivity contribution in [1.82, 2.24) is 5.32 Å². The highest BCUT2D eigenvalue weighted by Gasteiger charge is 2.14. The Balaban J connectivity index is 2.64. The van der Waals surface area contributed by atoms with Gasteiger partial charge < -0.3 is 10.6 Å². The van der Waals surface area contributed by atoms with Gasteiger partial charge in [-0.3, -0.25) is 4.79 Å². The van der Waals surface area contributed by atoms with E-state index in [4.69, 9.17) is 0 Å². The Labute approximate surface area is 106 Å². The molecule has 2 N–H and O–H groups in total. The Kier molecular flexibility index (Phi) is 4.27. The number of halogens is 2. The summed E-state index contributed by atoms with van der Waals surface area (Å²) in [6.07, 6.45) is 0. The summed E-state index contributed by atoms with van der Waals surface area (Å²) in [5.41, 5.74) is -0.130. The molecule has 0 aliphatic heterocycles. The monoisotopic (exact) mass is 256 g/mol. The Bertz CT molecular complexity index is 453. The van der Waals surface area contributed by atoms with Gasteiger partial charge in [-0.25, -0.2) is 8.78 Å². The molecular weight excluding hydrogens is 238 g/mol. The lowest BCUT2D eigenvalue weighted by Gasteiger charge is -2.20. The highest BCUT2D eigenvalue weighted by molar-refractivity contribution is 5.81. The standard InChI is InChI=1S/C13H18F2N2O/c1-8-5-10(15)11(6-9(8)14)16-7-12(18)17-13(2,3)4/h5-6,16H,7H2,1-4H3,(H,17,18). The molecule has 100 valence electrons. The van der Waals surface area contributed by atoms with E-state index in [0.717, 1.165) is 12.1 Å². The van der Waals surface area contributed by atoms with Gasteiger partial charge in [0.1, 0.15) is 11.6 Å². The molecule has 3 nitrogen and oxygen atoms in total. The van der Waals surface area contributed by atoms with Gasteiger partial charge in [-0.05, 0) is 39.3 Å². The molecule has 0 fully saturated rings. The molecule has 18 heavy (non-hydrogen) atoms. The number of aryl methyl sites for hydroxylation is 1. The number of carbonyl (C=O) groups is 1. The molecule has 0 saturated heterocycles. The number of benzene rings is 1. The minimum absolute atomic E-state index is 0.0119. The van der Waals surface area contributed by atoms with Gasteiger partial charge in [-0.1, -0.05) is 0 Å². The first-order chi connectivity index (χ1) is 8.19. The van der Waals surface area contributed by atoms with E-state index in [1.807, 2.05) is 20.8 Å². The maximum Gasteiger partial charge on any atom is 0.239 e. The SMILES string of the molecule is Cc1cc(F)c(NCC(=O)NC(C)(C)C)cc1F. The van der Waals surface area contributed by atoms with E-state index in [-0.39, 0.29) is 29.2 Å². The molecule has 1 aromatic carbocycles. The van der Waals surface area contributed by atoms with Gasteiger partial charge in [-0.15, -0.1) is 0 Å². The third kappa shape index (κ3) is 4.31. The summed E-state index contributed by atoms with van der Waals surface area (Å²) >= 11 is 0. The number of nitrogens with one attached hydrogen (secondary N) is 2. The van der Waals surface area contributed by atoms with E-state index >= 15 is 0 Å². The molecule has 1 amide bonds. The normalized spacial score (nSPS) is 11.2. The molecule has 1 aromatic rings. The second-order valence-electron chi connectivity index (χ2n) is 5.23. The average Bonchev–Trinajstić information content (AvgIpc) is 2.19. The van der Waals surface area contributed by atoms with Crippen molar-refractivity contribution in [2.75, 3.05) is 11.9 Å². The Hall–Kier alpha value is -1.65. The third-order valence-electron chi connectivity index (χ3n) is 2.20. The number of carbonyl (C=O) groups excluding carboxylic acids is 1. The number of anilines is 1. The first-order valence-corrected chi connectivity index (χ1v) is 5.69. The molecular formula is C13H18F2N2O. The fourth-order valence-electron chi connectivity index (χ4n) is 1.42. The lowest BCUT2D eigenvalue weighted by atomic mass is 10.1. The molecule has 0 bridgehead atoms. The molecule has 5 heteroatoms. The number of hydrogen-bond acceptors (Lipinski definition) is 2. The van der Waals surface area contributed by atoms with Crippen LogP contribution in [0.4, 0.5) is 14.5 Å². The summed E-state index contributed by atoms with van der Waals surface area (Å²) in [4.78, 5) is 11.5. The van der Waals surface area contributed by atoms with Gasteiger partial charge in [0.05, 0.1) is 12.2 Å². The van der Waals surface area contributed by atoms with E-state index in [9.17, 15) is 13.6 Å². The first-order valence-electron chi connectivity index (χ1n) is 5.69. The summed E-state index contributed by atoms with van der Waals surface area (Å²) in [6.45, 7) is 6.91. The van der Waals surface area contributed by atoms with Crippen LogP contribution in [0.15, 0.2) is 12.1 Å². The van der Waals surface area contributed by atoms with Crippen molar-refractivity contribution in [2.24, 2.45) is 0 Å². The fourth-order valence-corrected chi connectivity index (χ4v) is 1.42. The maximum absolute atomic E-state index is 13.5. The Morgan fingerprint density at radius 2 is 1.83 bits per heavy atom. The minimum Gasteiger partial charge on any atom is -0.374 e. The minimum atomic E-state index is -0.572. The van der Waals surface area contributed by atoms with Crippen molar-refractivity contribution in [3.63, 3.8) is 0 Å². The highest BCUT2D eigenvalue weighted by atomic mass is 19.1. The molecule has 0 aliphatic rings. The topological polar surface area (TPSA) is 41.1 Å². The first kappa shape index (κ1) is 14.4. The van der Waals surface area contributed by atoms with Crippen LogP contribution in [-0.4, -0.2) is 18.0 Å². The van der Waals surface area contributed by atoms with Gasteiger partial charge in [0, 0.05) is 11.6 Å². The van der Waals surface area contributed by atoms with Crippen molar-refractivity contribution < 1.29 is 13.6 Å². The predicted octanol–water partition coefficient (Wildman–Crippen LogP) is 2.60. The summed E-state index contributed by atoms with van der Waals surface area (Å²) in [5, 5.41) is 5.29. The molecule has 0 unspecified atom stereocenters. The lowest BCUT2D eigenvalue weighted by Crippen LogP contribution is -2.43. The smallest absolute Gasteiger partial charge is 0.239 e. The predicted molar refractivity (Wildman–Crippen MR) is 67.5 cm³/mol. The Morgan fingerprint density at radius 3 is 2.39 bits per heavy atom. The quantitative estimate of drug-likeness (QED) is 0.872. The lowest BCUT2D eigenvalue weighted by molar-refractivity contribution is -0.120. The van der Waals surface area contributed by atoms with Crippen molar-refractivity contribution in [3.8, 4) is 0 Å². The summed E-state index contributed by atoms with van der Waals surface area (Å²) < 4.78 is 26.7. The summed E-state index contributed by atoms with van der Waals surface area (Å²) in [6, 6.07) is 2.15. The number of rotatable bonds is 3. The van der Waals surface area contributed by atoms with E-state index in [2.05, 4.69) is 10.6 Å². The molecule has 0 atom stereocenters. The average molecular weight is 256 g/mol. The van der Waals surface area contributed by atoms with Gasteiger partial charge >= 0.3 is 0 Å². The van der Waals surface area contributed by atoms with Crippen molar-refractivity contribution in [1.29, 1.82) is 0 Å². The van der Waals surface area contributed by atoms with E-state index in [0.29, 0.717) is 0 Å². The van der Waals surface area contributed by atoms with Gasteiger partial charge in [0.15, 0.2) is 0 Å². The number of hydrogen-bond donors (Lipinski definition) is 2. The van der Waals surface area contributed by atoms with Crippen LogP contribution >= 0.6 is 0 Å². The van der Waals surface area contributed by atoms with Gasteiger partial charge in [0.2, 0.25) is 5.91 Å². The third-order valence-corrected chi connectivity index (χ3v) is 2.20. The molecule has 0 spiro atoms. The highest BCUT2D eigenvalue weighted by Crippen LogP contribution is 2.18. The van der Waals surface area contributed by atoms with Crippen LogP contribution in [-0.2, 0) is 4.79 Å². The summed E-state index contributed by atoms with van der Waals surface area (Å²) in [7, 11) is 0. The second-order valence-corrected chi connectivity index (χ2v) is 5.23. The van der Waals surface area contributed by atoms with E-state index in [1.54, 1.807) is 0 Å². The molecule has 1 rings (SSSR count). The van der Waals surface area contributed by atoms with Crippen LogP contribution in [0.3, 0.4) is 0 Å². The van der Waals surface area contributed by atoms with Gasteiger partial charge in [0.25, 0.3) is 0 Å². The van der Waals surface area contributed by atoms with Crippen LogP contribution in [0.2, 0.25) is 0 Å². The van der Waals surface area contributed by atoms with Crippen molar-refractivity contribution >= 4 is 11.6 Å². The molecule has 0 heterocycles.